The smallest absolute Gasteiger partial charge is 0.118 e. The summed E-state index contributed by atoms with van der Waals surface area (Å²) < 4.78 is 21.9. The molecule has 1 fully saturated rings. The Morgan fingerprint density at radius 2 is 1.04 bits per heavy atom. The van der Waals surface area contributed by atoms with E-state index in [4.69, 9.17) is 18.9 Å². The number of ether oxygens (including phenoxy) is 4. The molecule has 2 aromatic carbocycles. The van der Waals surface area contributed by atoms with E-state index in [0.717, 1.165) is 24.6 Å². The molecule has 0 saturated carbocycles. The van der Waals surface area contributed by atoms with Crippen LogP contribution in [0, 0.1) is 0 Å². The normalized spacial score (nSPS) is 21.9. The first kappa shape index (κ1) is 20.6. The van der Waals surface area contributed by atoms with Crippen molar-refractivity contribution in [3.8, 4) is 11.5 Å². The van der Waals surface area contributed by atoms with E-state index in [1.54, 1.807) is 14.2 Å². The molecule has 0 aliphatic carbocycles. The Kier molecular flexibility index (Phi) is 8.11. The summed E-state index contributed by atoms with van der Waals surface area (Å²) in [6.45, 7) is 4.04. The average molecular weight is 386 g/mol. The summed E-state index contributed by atoms with van der Waals surface area (Å²) in [5, 5.41) is 7.34. The quantitative estimate of drug-likeness (QED) is 0.843. The van der Waals surface area contributed by atoms with Crippen LogP contribution < -0.4 is 20.1 Å². The molecule has 0 unspecified atom stereocenters. The second-order valence-corrected chi connectivity index (χ2v) is 6.63. The van der Waals surface area contributed by atoms with Crippen LogP contribution in [0.15, 0.2) is 48.5 Å². The highest BCUT2D eigenvalue weighted by molar-refractivity contribution is 5.34. The first-order valence-electron chi connectivity index (χ1n) is 9.72. The second kappa shape index (κ2) is 11.0. The van der Waals surface area contributed by atoms with Crippen LogP contribution in [0.2, 0.25) is 0 Å². The zero-order valence-corrected chi connectivity index (χ0v) is 16.6. The minimum atomic E-state index is 0.0716. The van der Waals surface area contributed by atoms with Gasteiger partial charge in [-0.15, -0.1) is 0 Å². The molecular weight excluding hydrogens is 356 g/mol. The van der Waals surface area contributed by atoms with Gasteiger partial charge >= 0.3 is 0 Å². The van der Waals surface area contributed by atoms with Gasteiger partial charge in [-0.2, -0.15) is 0 Å². The molecule has 1 aliphatic rings. The number of rotatable bonds is 4. The lowest BCUT2D eigenvalue weighted by molar-refractivity contribution is 0.0447. The van der Waals surface area contributed by atoms with Crippen molar-refractivity contribution in [2.75, 3.05) is 53.7 Å². The predicted molar refractivity (Wildman–Crippen MR) is 109 cm³/mol. The average Bonchev–Trinajstić information content (AvgIpc) is 2.74. The molecule has 6 heteroatoms. The Morgan fingerprint density at radius 1 is 0.643 bits per heavy atom. The first-order chi connectivity index (χ1) is 13.8. The van der Waals surface area contributed by atoms with Gasteiger partial charge < -0.3 is 29.6 Å². The van der Waals surface area contributed by atoms with E-state index < -0.39 is 0 Å². The lowest BCUT2D eigenvalue weighted by Gasteiger charge is -2.31. The van der Waals surface area contributed by atoms with Crippen LogP contribution in [0.25, 0.3) is 0 Å². The summed E-state index contributed by atoms with van der Waals surface area (Å²) in [7, 11) is 3.37. The third-order valence-electron chi connectivity index (χ3n) is 4.88. The monoisotopic (exact) mass is 386 g/mol. The van der Waals surface area contributed by atoms with Crippen LogP contribution in [0.3, 0.4) is 0 Å². The number of hydrogen-bond acceptors (Lipinski definition) is 6. The molecule has 1 saturated heterocycles. The summed E-state index contributed by atoms with van der Waals surface area (Å²) in [6, 6.07) is 16.6. The fraction of sp³-hybridized carbons (Fsp3) is 0.455. The molecule has 6 nitrogen and oxygen atoms in total. The number of benzene rings is 2. The van der Waals surface area contributed by atoms with Crippen LogP contribution in [0.1, 0.15) is 23.2 Å². The van der Waals surface area contributed by atoms with Crippen molar-refractivity contribution >= 4 is 0 Å². The fourth-order valence-electron chi connectivity index (χ4n) is 3.37. The van der Waals surface area contributed by atoms with E-state index in [9.17, 15) is 0 Å². The van der Waals surface area contributed by atoms with Gasteiger partial charge in [0.1, 0.15) is 11.5 Å². The molecular formula is C22H30N2O4. The summed E-state index contributed by atoms with van der Waals surface area (Å²) in [6.07, 6.45) is 0. The summed E-state index contributed by atoms with van der Waals surface area (Å²) in [5.41, 5.74) is 2.37. The molecule has 0 radical (unpaired) electrons. The zero-order chi connectivity index (χ0) is 19.6. The highest BCUT2D eigenvalue weighted by Gasteiger charge is 2.24. The third-order valence-corrected chi connectivity index (χ3v) is 4.88. The molecule has 0 aromatic heterocycles. The van der Waals surface area contributed by atoms with Gasteiger partial charge in [0.05, 0.1) is 52.7 Å². The first-order valence-corrected chi connectivity index (χ1v) is 9.72. The van der Waals surface area contributed by atoms with Crippen molar-refractivity contribution in [1.29, 1.82) is 0 Å². The van der Waals surface area contributed by atoms with E-state index in [1.165, 1.54) is 11.1 Å². The summed E-state index contributed by atoms with van der Waals surface area (Å²) >= 11 is 0. The molecule has 152 valence electrons. The molecule has 2 N–H and O–H groups in total. The summed E-state index contributed by atoms with van der Waals surface area (Å²) in [4.78, 5) is 0. The minimum absolute atomic E-state index is 0.0716. The zero-order valence-electron chi connectivity index (χ0n) is 16.6. The highest BCUT2D eigenvalue weighted by atomic mass is 16.5. The third kappa shape index (κ3) is 5.69. The van der Waals surface area contributed by atoms with E-state index >= 15 is 0 Å². The molecule has 3 rings (SSSR count). The van der Waals surface area contributed by atoms with Crippen LogP contribution in [-0.4, -0.2) is 53.7 Å². The Labute approximate surface area is 167 Å². The van der Waals surface area contributed by atoms with Crippen LogP contribution in [0.4, 0.5) is 0 Å². The summed E-state index contributed by atoms with van der Waals surface area (Å²) in [5.74, 6) is 1.70. The van der Waals surface area contributed by atoms with Crippen molar-refractivity contribution < 1.29 is 18.9 Å². The highest BCUT2D eigenvalue weighted by Crippen LogP contribution is 2.31. The molecule has 0 bridgehead atoms. The second-order valence-electron chi connectivity index (χ2n) is 6.63. The van der Waals surface area contributed by atoms with E-state index in [-0.39, 0.29) is 12.1 Å². The maximum atomic E-state index is 5.65. The van der Waals surface area contributed by atoms with Gasteiger partial charge in [-0.1, -0.05) is 24.3 Å². The lowest BCUT2D eigenvalue weighted by Crippen LogP contribution is -2.38. The van der Waals surface area contributed by atoms with Gasteiger partial charge in [0, 0.05) is 13.1 Å². The maximum absolute atomic E-state index is 5.65. The van der Waals surface area contributed by atoms with E-state index in [0.29, 0.717) is 26.4 Å². The van der Waals surface area contributed by atoms with Gasteiger partial charge in [0.25, 0.3) is 0 Å². The Balaban J connectivity index is 1.89. The van der Waals surface area contributed by atoms with E-state index in [2.05, 4.69) is 34.9 Å². The van der Waals surface area contributed by atoms with Gasteiger partial charge in [-0.05, 0) is 35.4 Å². The Bertz CT molecular complexity index is 629. The van der Waals surface area contributed by atoms with Gasteiger partial charge in [0.15, 0.2) is 0 Å². The minimum Gasteiger partial charge on any atom is -0.497 e. The number of nitrogens with one attached hydrogen (secondary N) is 2. The van der Waals surface area contributed by atoms with Crippen LogP contribution in [-0.2, 0) is 9.47 Å². The molecule has 0 spiro atoms. The van der Waals surface area contributed by atoms with Crippen molar-refractivity contribution in [3.63, 3.8) is 0 Å². The van der Waals surface area contributed by atoms with Crippen molar-refractivity contribution in [1.82, 2.24) is 10.6 Å². The molecule has 28 heavy (non-hydrogen) atoms. The molecule has 0 amide bonds. The maximum Gasteiger partial charge on any atom is 0.118 e. The number of methoxy groups -OCH3 is 2. The number of hydrogen-bond donors (Lipinski definition) is 2. The van der Waals surface area contributed by atoms with Crippen molar-refractivity contribution in [3.05, 3.63) is 59.7 Å². The SMILES string of the molecule is COc1ccc([C@H]2NCCOCCOCCN[C@@H]2c2ccc(OC)cc2)cc1. The van der Waals surface area contributed by atoms with Crippen molar-refractivity contribution in [2.45, 2.75) is 12.1 Å². The molecule has 2 aromatic rings. The van der Waals surface area contributed by atoms with Gasteiger partial charge in [-0.25, -0.2) is 0 Å². The van der Waals surface area contributed by atoms with Gasteiger partial charge in [-0.3, -0.25) is 0 Å². The standard InChI is InChI=1S/C22H30N2O4/c1-25-19-7-3-17(4-8-19)21-22(18-5-9-20(26-2)10-6-18)24-12-14-28-16-15-27-13-11-23-21/h3-10,21-24H,11-16H2,1-2H3/t21-,22-/m1/s1. The molecule has 1 heterocycles. The Hall–Kier alpha value is -2.12. The Morgan fingerprint density at radius 3 is 1.39 bits per heavy atom. The van der Waals surface area contributed by atoms with Crippen LogP contribution in [0.5, 0.6) is 11.5 Å². The largest absolute Gasteiger partial charge is 0.497 e. The van der Waals surface area contributed by atoms with Gasteiger partial charge in [0.2, 0.25) is 0 Å². The predicted octanol–water partition coefficient (Wildman–Crippen LogP) is 2.71. The van der Waals surface area contributed by atoms with Crippen LogP contribution >= 0.6 is 0 Å². The topological polar surface area (TPSA) is 61.0 Å². The molecule has 1 aliphatic heterocycles. The van der Waals surface area contributed by atoms with Crippen molar-refractivity contribution in [2.24, 2.45) is 0 Å². The fourth-order valence-corrected chi connectivity index (χ4v) is 3.37. The lowest BCUT2D eigenvalue weighted by atomic mass is 9.93. The van der Waals surface area contributed by atoms with E-state index in [1.807, 2.05) is 24.3 Å². The molecule has 2 atom stereocenters.